The van der Waals surface area contributed by atoms with Gasteiger partial charge in [0, 0.05) is 38.9 Å². The van der Waals surface area contributed by atoms with Crippen molar-refractivity contribution in [3.8, 4) is 0 Å². The van der Waals surface area contributed by atoms with Gasteiger partial charge in [-0.3, -0.25) is 14.4 Å². The molecule has 12 nitrogen and oxygen atoms in total. The molecule has 0 aromatic rings. The third-order valence-corrected chi connectivity index (χ3v) is 5.63. The summed E-state index contributed by atoms with van der Waals surface area (Å²) in [5, 5.41) is 0. The van der Waals surface area contributed by atoms with E-state index in [4.69, 9.17) is 11.4 Å². The molecule has 28 heavy (non-hydrogen) atoms. The summed E-state index contributed by atoms with van der Waals surface area (Å²) < 4.78 is 15.2. The van der Waals surface area contributed by atoms with E-state index in [0.717, 1.165) is 14.7 Å². The highest BCUT2D eigenvalue weighted by atomic mass is 27.3. The number of nitrogens with zero attached hydrogens (tertiary/aromatic N) is 3. The average Bonchev–Trinajstić information content (AvgIpc) is 3.36. The van der Waals surface area contributed by atoms with E-state index in [1.807, 2.05) is 0 Å². The molecule has 0 atom stereocenters. The van der Waals surface area contributed by atoms with E-state index in [9.17, 15) is 28.8 Å². The molecule has 0 aromatic carbocycles. The third kappa shape index (κ3) is 4.99. The molecule has 0 aliphatic carbocycles. The van der Waals surface area contributed by atoms with Gasteiger partial charge in [0.1, 0.15) is 0 Å². The Balaban J connectivity index is 1.62. The Bertz CT molecular complexity index is 632. The normalized spacial score (nSPS) is 19.3. The lowest BCUT2D eigenvalue weighted by atomic mass is 10.4. The molecule has 0 unspecified atom stereocenters. The monoisotopic (exact) mass is 411 g/mol. The lowest BCUT2D eigenvalue weighted by molar-refractivity contribution is -0.117. The molecule has 3 fully saturated rings. The lowest BCUT2D eigenvalue weighted by Crippen LogP contribution is -2.45. The lowest BCUT2D eigenvalue weighted by Gasteiger charge is -2.22. The van der Waals surface area contributed by atoms with Crippen LogP contribution >= 0.6 is 0 Å². The van der Waals surface area contributed by atoms with Crippen molar-refractivity contribution in [3.63, 3.8) is 0 Å². The number of carbonyl (C=O) groups is 6. The van der Waals surface area contributed by atoms with Crippen LogP contribution in [0.15, 0.2) is 0 Å². The van der Waals surface area contributed by atoms with Crippen molar-refractivity contribution in [1.82, 2.24) is 14.7 Å². The minimum atomic E-state index is -3.64. The van der Waals surface area contributed by atoms with Crippen molar-refractivity contribution >= 4 is 50.8 Å². The molecule has 3 aliphatic rings. The second kappa shape index (κ2) is 8.58. The summed E-state index contributed by atoms with van der Waals surface area (Å²) in [7, 11) is 0. The zero-order valence-electron chi connectivity index (χ0n) is 15.0. The largest absolute Gasteiger partial charge is 1.21 e. The van der Waals surface area contributed by atoms with Gasteiger partial charge >= 0.3 is 33.4 Å². The summed E-state index contributed by atoms with van der Waals surface area (Å²) in [6, 6.07) is 0. The van der Waals surface area contributed by atoms with Crippen LogP contribution in [0.1, 0.15) is 19.3 Å². The Morgan fingerprint density at radius 1 is 0.607 bits per heavy atom. The fourth-order valence-electron chi connectivity index (χ4n) is 2.90. The summed E-state index contributed by atoms with van der Waals surface area (Å²) in [5.74, 6) is -0.430. The maximum Gasteiger partial charge on any atom is 1.21 e. The predicted octanol–water partition coefficient (Wildman–Crippen LogP) is -0.794. The predicted molar refractivity (Wildman–Crippen MR) is 88.8 cm³/mol. The molecule has 0 radical (unpaired) electrons. The fraction of sp³-hybridized carbons (Fsp3) is 0.600. The van der Waals surface area contributed by atoms with Crippen LogP contribution < -0.4 is 0 Å². The first-order chi connectivity index (χ1) is 13.3. The zero-order chi connectivity index (χ0) is 20.3. The number of amides is 3. The molecule has 0 N–H and O–H groups in total. The number of Topliss-reactive ketones (excluding diaryl/α,β-unsaturated/α-hetero) is 3. The summed E-state index contributed by atoms with van der Waals surface area (Å²) in [6.45, 7) is 0.0566. The Hall–Kier alpha value is -2.65. The Labute approximate surface area is 164 Å². The molecule has 0 spiro atoms. The van der Waals surface area contributed by atoms with Crippen LogP contribution in [0.2, 0.25) is 0 Å². The second-order valence-electron chi connectivity index (χ2n) is 6.57. The van der Waals surface area contributed by atoms with Gasteiger partial charge in [-0.05, 0) is 0 Å². The molecule has 0 saturated carbocycles. The van der Waals surface area contributed by atoms with Gasteiger partial charge in [-0.2, -0.15) is 0 Å². The van der Waals surface area contributed by atoms with E-state index in [1.165, 1.54) is 0 Å². The van der Waals surface area contributed by atoms with Gasteiger partial charge in [-0.25, -0.2) is 14.4 Å². The molecule has 3 amide bonds. The van der Waals surface area contributed by atoms with Gasteiger partial charge in [0.05, 0.1) is 19.6 Å². The maximum atomic E-state index is 12.2. The number of hydrogen-bond acceptors (Lipinski definition) is 9. The third-order valence-electron chi connectivity index (χ3n) is 4.45. The van der Waals surface area contributed by atoms with Gasteiger partial charge in [0.15, 0.2) is 17.3 Å². The number of likely N-dealkylation sites (tertiary alicyclic amines) is 3. The molecular weight excluding hydrogens is 393 g/mol. The van der Waals surface area contributed by atoms with E-state index < -0.39 is 33.4 Å². The maximum absolute atomic E-state index is 12.2. The van der Waals surface area contributed by atoms with E-state index in [0.29, 0.717) is 0 Å². The molecule has 0 bridgehead atoms. The van der Waals surface area contributed by atoms with Gasteiger partial charge in [0.2, 0.25) is 0 Å². The number of hydrogen-bond donors (Lipinski definition) is 0. The molecule has 150 valence electrons. The smallest absolute Gasteiger partial charge is 0.534 e. The van der Waals surface area contributed by atoms with Crippen molar-refractivity contribution < 1.29 is 40.1 Å². The first-order valence-electron chi connectivity index (χ1n) is 8.73. The molecule has 3 heterocycles. The van der Waals surface area contributed by atoms with Crippen molar-refractivity contribution in [2.24, 2.45) is 0 Å². The van der Waals surface area contributed by atoms with Crippen LogP contribution in [0, 0.1) is 0 Å². The van der Waals surface area contributed by atoms with E-state index in [-0.39, 0.29) is 75.9 Å². The second-order valence-corrected chi connectivity index (χ2v) is 7.86. The SMILES string of the molecule is O=C1CCN(C(=O)[O][Al]([O]C(=O)N2CCC(=O)C2)[O]C(=O)N2CCC(=O)C2)C1. The minimum absolute atomic E-state index is 0.136. The van der Waals surface area contributed by atoms with Crippen molar-refractivity contribution in [2.75, 3.05) is 39.3 Å². The molecule has 13 heteroatoms. The molecule has 3 rings (SSSR count). The van der Waals surface area contributed by atoms with Crippen LogP contribution in [0.25, 0.3) is 0 Å². The van der Waals surface area contributed by atoms with E-state index in [2.05, 4.69) is 0 Å². The zero-order valence-corrected chi connectivity index (χ0v) is 16.1. The molecular formula is C15H18AlN3O9. The summed E-state index contributed by atoms with van der Waals surface area (Å²) in [5.41, 5.74) is 0. The van der Waals surface area contributed by atoms with Crippen molar-refractivity contribution in [3.05, 3.63) is 0 Å². The standard InChI is InChI=1S/3C5H7NO3.Al/c3*7-4-1-2-6(3-4)5(8)9;/h3*1-3H2,(H,8,9);/q;;;+3/p-3. The Morgan fingerprint density at radius 3 is 1.11 bits per heavy atom. The summed E-state index contributed by atoms with van der Waals surface area (Å²) in [4.78, 5) is 73.8. The first kappa shape index (κ1) is 20.1. The first-order valence-corrected chi connectivity index (χ1v) is 10.1. The number of ketones is 3. The molecule has 0 aromatic heterocycles. The van der Waals surface area contributed by atoms with Crippen molar-refractivity contribution in [1.29, 1.82) is 0 Å². The summed E-state index contributed by atoms with van der Waals surface area (Å²) >= 11 is -3.64. The number of carbonyl (C=O) groups excluding carboxylic acids is 6. The van der Waals surface area contributed by atoms with Gasteiger partial charge in [-0.15, -0.1) is 0 Å². The Kier molecular flexibility index (Phi) is 6.15. The van der Waals surface area contributed by atoms with Gasteiger partial charge in [-0.1, -0.05) is 0 Å². The highest BCUT2D eigenvalue weighted by Crippen LogP contribution is 2.13. The highest BCUT2D eigenvalue weighted by Gasteiger charge is 2.52. The fourth-order valence-corrected chi connectivity index (χ4v) is 3.99. The van der Waals surface area contributed by atoms with Gasteiger partial charge < -0.3 is 26.1 Å². The van der Waals surface area contributed by atoms with Crippen LogP contribution in [0.4, 0.5) is 14.4 Å². The topological polar surface area (TPSA) is 140 Å². The quantitative estimate of drug-likeness (QED) is 0.546. The van der Waals surface area contributed by atoms with Crippen LogP contribution in [0.3, 0.4) is 0 Å². The average molecular weight is 411 g/mol. The Morgan fingerprint density at radius 2 is 0.893 bits per heavy atom. The van der Waals surface area contributed by atoms with Crippen LogP contribution in [-0.2, 0) is 25.7 Å². The van der Waals surface area contributed by atoms with Crippen LogP contribution in [0.5, 0.6) is 0 Å². The van der Waals surface area contributed by atoms with E-state index >= 15 is 0 Å². The van der Waals surface area contributed by atoms with E-state index in [1.54, 1.807) is 0 Å². The molecule has 3 aliphatic heterocycles. The van der Waals surface area contributed by atoms with Crippen molar-refractivity contribution in [2.45, 2.75) is 19.3 Å². The van der Waals surface area contributed by atoms with Crippen LogP contribution in [-0.4, -0.2) is 105 Å². The highest BCUT2D eigenvalue weighted by molar-refractivity contribution is 6.44. The van der Waals surface area contributed by atoms with Gasteiger partial charge in [0.25, 0.3) is 0 Å². The minimum Gasteiger partial charge on any atom is -0.534 e. The number of rotatable bonds is 3. The summed E-state index contributed by atoms with van der Waals surface area (Å²) in [6.07, 6.45) is -2.24. The molecule has 3 saturated heterocycles.